The number of nitrogens with zero attached hydrogens (tertiary/aromatic N) is 3. The zero-order chi connectivity index (χ0) is 23.8. The predicted octanol–water partition coefficient (Wildman–Crippen LogP) is 4.19. The Kier molecular flexibility index (Phi) is 8.61. The van der Waals surface area contributed by atoms with Crippen molar-refractivity contribution in [3.63, 3.8) is 0 Å². The van der Waals surface area contributed by atoms with Gasteiger partial charge in [0.1, 0.15) is 11.4 Å². The molecule has 1 aromatic heterocycles. The maximum Gasteiger partial charge on any atom is 0.227 e. The fourth-order valence-corrected chi connectivity index (χ4v) is 4.64. The molecule has 1 aliphatic heterocycles. The molecule has 0 saturated carbocycles. The van der Waals surface area contributed by atoms with Crippen molar-refractivity contribution in [3.8, 4) is 11.3 Å². The number of amides is 2. The van der Waals surface area contributed by atoms with Crippen LogP contribution in [0.3, 0.4) is 0 Å². The van der Waals surface area contributed by atoms with Crippen LogP contribution in [-0.4, -0.2) is 46.9 Å². The summed E-state index contributed by atoms with van der Waals surface area (Å²) in [6, 6.07) is 7.77. The van der Waals surface area contributed by atoms with Gasteiger partial charge in [0.15, 0.2) is 0 Å². The number of carbonyl (C=O) groups is 2. The zero-order valence-corrected chi connectivity index (χ0v) is 20.5. The third-order valence-electron chi connectivity index (χ3n) is 6.26. The van der Waals surface area contributed by atoms with Gasteiger partial charge in [0.05, 0.1) is 12.3 Å². The molecule has 2 amide bonds. The second-order valence-electron chi connectivity index (χ2n) is 8.61. The van der Waals surface area contributed by atoms with Gasteiger partial charge in [0, 0.05) is 46.5 Å². The lowest BCUT2D eigenvalue weighted by molar-refractivity contribution is -0.125. The van der Waals surface area contributed by atoms with E-state index in [1.807, 2.05) is 29.2 Å². The Balaban J connectivity index is 1.42. The summed E-state index contributed by atoms with van der Waals surface area (Å²) in [7, 11) is 2.26. The van der Waals surface area contributed by atoms with Crippen LogP contribution >= 0.6 is 9.47 Å². The molecule has 1 atom stereocenters. The smallest absolute Gasteiger partial charge is 0.227 e. The highest BCUT2D eigenvalue weighted by atomic mass is 31.0. The molecule has 0 radical (unpaired) electrons. The number of unbranched alkanes of at least 4 members (excludes halogenated alkanes) is 3. The summed E-state index contributed by atoms with van der Waals surface area (Å²) in [6.07, 6.45) is 10.4. The topological polar surface area (TPSA) is 100 Å². The Hall–Kier alpha value is -2.83. The van der Waals surface area contributed by atoms with E-state index < -0.39 is 0 Å². The van der Waals surface area contributed by atoms with Gasteiger partial charge in [-0.25, -0.2) is 0 Å². The Labute approximate surface area is 202 Å². The van der Waals surface area contributed by atoms with Crippen LogP contribution < -0.4 is 10.2 Å². The van der Waals surface area contributed by atoms with E-state index in [0.29, 0.717) is 13.1 Å². The van der Waals surface area contributed by atoms with Crippen molar-refractivity contribution in [2.45, 2.75) is 51.4 Å². The molecule has 9 heteroatoms. The molecule has 1 aromatic carbocycles. The monoisotopic (exact) mass is 481 g/mol. The number of H-pyrrole nitrogens is 1. The number of benzene rings is 1. The summed E-state index contributed by atoms with van der Waals surface area (Å²) < 4.78 is 4.97. The van der Waals surface area contributed by atoms with Crippen LogP contribution in [-0.2, 0) is 14.1 Å². The molecule has 0 spiro atoms. The molecule has 1 aliphatic carbocycles. The molecule has 2 N–H and O–H groups in total. The van der Waals surface area contributed by atoms with Gasteiger partial charge in [-0.1, -0.05) is 43.2 Å². The molecule has 1 unspecified atom stereocenters. The molecular formula is C25H32N5O3P. The number of para-hydroxylation sites is 1. The second-order valence-corrected chi connectivity index (χ2v) is 8.94. The lowest BCUT2D eigenvalue weighted by atomic mass is 9.90. The Morgan fingerprint density at radius 2 is 1.91 bits per heavy atom. The minimum Gasteiger partial charge on any atom is -0.366 e. The molecule has 2 aromatic rings. The number of anilines is 1. The van der Waals surface area contributed by atoms with Crippen LogP contribution in [0.2, 0.25) is 0 Å². The molecule has 8 nitrogen and oxygen atoms in total. The first-order valence-corrected chi connectivity index (χ1v) is 12.4. The SMILES string of the molecule is O=C(CCC(=O)N1CC2=C(C=CCC2)c2n[nH]nc2-c2ccccc21)NCCCCCCOP. The van der Waals surface area contributed by atoms with Crippen molar-refractivity contribution in [1.82, 2.24) is 20.7 Å². The number of carbonyl (C=O) groups excluding carboxylic acids is 2. The highest BCUT2D eigenvalue weighted by Gasteiger charge is 2.29. The third-order valence-corrected chi connectivity index (χ3v) is 6.49. The fraction of sp³-hybridized carbons (Fsp3) is 0.440. The molecular weight excluding hydrogens is 449 g/mol. The zero-order valence-electron chi connectivity index (χ0n) is 19.4. The van der Waals surface area contributed by atoms with Gasteiger partial charge in [-0.05, 0) is 37.3 Å². The normalized spacial score (nSPS) is 14.7. The molecule has 0 bridgehead atoms. The standard InChI is InChI=1S/C25H32N5O3P/c31-22(26-15-7-1-2-8-16-33-34)13-14-23(32)30-17-18-9-3-4-10-19(18)24-25(28-29-27-24)20-11-5-6-12-21(20)30/h4-6,10-12H,1-3,7-9,13-17,34H2,(H,26,31)(H,27,28,29). The number of aromatic amines is 1. The first-order valence-electron chi connectivity index (χ1n) is 12.0. The Morgan fingerprint density at radius 1 is 1.09 bits per heavy atom. The first-order chi connectivity index (χ1) is 16.7. The highest BCUT2D eigenvalue weighted by molar-refractivity contribution is 7.09. The number of nitrogens with one attached hydrogen (secondary N) is 2. The lowest BCUT2D eigenvalue weighted by Gasteiger charge is -2.30. The van der Waals surface area contributed by atoms with E-state index in [1.165, 1.54) is 0 Å². The van der Waals surface area contributed by atoms with Crippen LogP contribution in [0.5, 0.6) is 0 Å². The van der Waals surface area contributed by atoms with Crippen LogP contribution in [0.1, 0.15) is 57.1 Å². The average Bonchev–Trinajstić information content (AvgIpc) is 3.34. The Morgan fingerprint density at radius 3 is 2.79 bits per heavy atom. The molecule has 0 fully saturated rings. The van der Waals surface area contributed by atoms with E-state index in [1.54, 1.807) is 0 Å². The average molecular weight is 482 g/mol. The number of allylic oxidation sites excluding steroid dienone is 3. The number of hydrogen-bond acceptors (Lipinski definition) is 5. The van der Waals surface area contributed by atoms with Crippen LogP contribution in [0.4, 0.5) is 5.69 Å². The van der Waals surface area contributed by atoms with Crippen molar-refractivity contribution in [2.75, 3.05) is 24.6 Å². The highest BCUT2D eigenvalue weighted by Crippen LogP contribution is 2.40. The van der Waals surface area contributed by atoms with E-state index in [9.17, 15) is 9.59 Å². The number of aromatic nitrogens is 3. The van der Waals surface area contributed by atoms with Crippen molar-refractivity contribution >= 4 is 32.5 Å². The lowest BCUT2D eigenvalue weighted by Crippen LogP contribution is -2.35. The molecule has 180 valence electrons. The summed E-state index contributed by atoms with van der Waals surface area (Å²) in [5, 5.41) is 14.5. The van der Waals surface area contributed by atoms with E-state index in [0.717, 1.165) is 78.9 Å². The second kappa shape index (κ2) is 12.0. The predicted molar refractivity (Wildman–Crippen MR) is 136 cm³/mol. The van der Waals surface area contributed by atoms with Gasteiger partial charge in [-0.2, -0.15) is 15.4 Å². The summed E-state index contributed by atoms with van der Waals surface area (Å²) in [6.45, 7) is 1.87. The molecule has 2 heterocycles. The molecule has 34 heavy (non-hydrogen) atoms. The van der Waals surface area contributed by atoms with Gasteiger partial charge in [-0.15, -0.1) is 0 Å². The summed E-state index contributed by atoms with van der Waals surface area (Å²) in [5.41, 5.74) is 5.43. The number of fused-ring (bicyclic) bond motifs is 4. The molecule has 2 aliphatic rings. The van der Waals surface area contributed by atoms with Gasteiger partial charge >= 0.3 is 0 Å². The van der Waals surface area contributed by atoms with Crippen LogP contribution in [0, 0.1) is 0 Å². The third kappa shape index (κ3) is 5.80. The fourth-order valence-electron chi connectivity index (χ4n) is 4.47. The molecule has 4 rings (SSSR count). The summed E-state index contributed by atoms with van der Waals surface area (Å²) >= 11 is 0. The van der Waals surface area contributed by atoms with Gasteiger partial charge in [0.2, 0.25) is 11.8 Å². The Bertz CT molecular complexity index is 1080. The summed E-state index contributed by atoms with van der Waals surface area (Å²) in [4.78, 5) is 27.5. The summed E-state index contributed by atoms with van der Waals surface area (Å²) in [5.74, 6) is -0.144. The minimum absolute atomic E-state index is 0.0617. The van der Waals surface area contributed by atoms with Crippen LogP contribution in [0.25, 0.3) is 16.8 Å². The van der Waals surface area contributed by atoms with Gasteiger partial charge in [0.25, 0.3) is 0 Å². The van der Waals surface area contributed by atoms with E-state index in [4.69, 9.17) is 4.52 Å². The largest absolute Gasteiger partial charge is 0.366 e. The first kappa shape index (κ1) is 24.3. The van der Waals surface area contributed by atoms with Crippen LogP contribution in [0.15, 0.2) is 42.0 Å². The number of rotatable bonds is 10. The van der Waals surface area contributed by atoms with Crippen molar-refractivity contribution < 1.29 is 14.1 Å². The van der Waals surface area contributed by atoms with E-state index >= 15 is 0 Å². The maximum absolute atomic E-state index is 13.4. The molecule has 0 saturated heterocycles. The minimum atomic E-state index is -0.0822. The van der Waals surface area contributed by atoms with Crippen molar-refractivity contribution in [3.05, 3.63) is 47.7 Å². The quantitative estimate of drug-likeness (QED) is 0.392. The van der Waals surface area contributed by atoms with Crippen molar-refractivity contribution in [1.29, 1.82) is 0 Å². The van der Waals surface area contributed by atoms with Gasteiger partial charge < -0.3 is 14.7 Å². The van der Waals surface area contributed by atoms with Gasteiger partial charge in [-0.3, -0.25) is 9.59 Å². The van der Waals surface area contributed by atoms with E-state index in [-0.39, 0.29) is 24.7 Å². The number of hydrogen-bond donors (Lipinski definition) is 2. The van der Waals surface area contributed by atoms with E-state index in [2.05, 4.69) is 42.3 Å². The van der Waals surface area contributed by atoms with Crippen molar-refractivity contribution in [2.24, 2.45) is 0 Å². The maximum atomic E-state index is 13.4.